The van der Waals surface area contributed by atoms with E-state index in [1.54, 1.807) is 11.6 Å². The molecule has 0 bridgehead atoms. The second-order valence-corrected chi connectivity index (χ2v) is 4.30. The lowest BCUT2D eigenvalue weighted by atomic mass is 9.98. The zero-order chi connectivity index (χ0) is 11.6. The molecule has 0 aliphatic carbocycles. The SMILES string of the molecule is CC(Cc1nn(C)cc1C(C)C)C(=O)O. The Hall–Kier alpha value is -1.32. The lowest BCUT2D eigenvalue weighted by Gasteiger charge is -2.07. The van der Waals surface area contributed by atoms with Gasteiger partial charge in [0.2, 0.25) is 0 Å². The highest BCUT2D eigenvalue weighted by molar-refractivity contribution is 5.69. The summed E-state index contributed by atoms with van der Waals surface area (Å²) in [6, 6.07) is 0. The first-order valence-corrected chi connectivity index (χ1v) is 5.17. The molecule has 0 aromatic carbocycles. The summed E-state index contributed by atoms with van der Waals surface area (Å²) in [5, 5.41) is 13.2. The molecule has 0 spiro atoms. The minimum Gasteiger partial charge on any atom is -0.481 e. The molecule has 0 fully saturated rings. The zero-order valence-corrected chi connectivity index (χ0v) is 9.69. The van der Waals surface area contributed by atoms with Crippen LogP contribution in [-0.2, 0) is 18.3 Å². The van der Waals surface area contributed by atoms with Crippen molar-refractivity contribution >= 4 is 5.97 Å². The lowest BCUT2D eigenvalue weighted by molar-refractivity contribution is -0.141. The van der Waals surface area contributed by atoms with E-state index < -0.39 is 5.97 Å². The van der Waals surface area contributed by atoms with Gasteiger partial charge < -0.3 is 5.11 Å². The van der Waals surface area contributed by atoms with Gasteiger partial charge in [0.05, 0.1) is 11.6 Å². The minimum absolute atomic E-state index is 0.377. The van der Waals surface area contributed by atoms with E-state index in [-0.39, 0.29) is 5.92 Å². The fourth-order valence-corrected chi connectivity index (χ4v) is 1.57. The maximum absolute atomic E-state index is 10.8. The highest BCUT2D eigenvalue weighted by Gasteiger charge is 2.17. The van der Waals surface area contributed by atoms with Crippen molar-refractivity contribution in [3.63, 3.8) is 0 Å². The predicted octanol–water partition coefficient (Wildman–Crippen LogP) is 1.81. The van der Waals surface area contributed by atoms with Crippen molar-refractivity contribution < 1.29 is 9.90 Å². The van der Waals surface area contributed by atoms with Crippen molar-refractivity contribution in [3.8, 4) is 0 Å². The van der Waals surface area contributed by atoms with Gasteiger partial charge in [-0.1, -0.05) is 20.8 Å². The summed E-state index contributed by atoms with van der Waals surface area (Å²) >= 11 is 0. The van der Waals surface area contributed by atoms with Gasteiger partial charge in [-0.05, 0) is 11.5 Å². The Morgan fingerprint density at radius 2 is 2.13 bits per heavy atom. The number of rotatable bonds is 4. The van der Waals surface area contributed by atoms with E-state index in [4.69, 9.17) is 5.11 Å². The molecular formula is C11H18N2O2. The zero-order valence-electron chi connectivity index (χ0n) is 9.69. The molecule has 4 heteroatoms. The Kier molecular flexibility index (Phi) is 3.50. The Labute approximate surface area is 89.9 Å². The van der Waals surface area contributed by atoms with Gasteiger partial charge in [0.25, 0.3) is 0 Å². The van der Waals surface area contributed by atoms with Crippen LogP contribution in [-0.4, -0.2) is 20.9 Å². The number of hydrogen-bond donors (Lipinski definition) is 1. The van der Waals surface area contributed by atoms with Crippen LogP contribution in [0.15, 0.2) is 6.20 Å². The predicted molar refractivity (Wildman–Crippen MR) is 57.8 cm³/mol. The topological polar surface area (TPSA) is 55.1 Å². The molecule has 1 heterocycles. The number of nitrogens with zero attached hydrogens (tertiary/aromatic N) is 2. The van der Waals surface area contributed by atoms with Crippen molar-refractivity contribution in [2.75, 3.05) is 0 Å². The molecule has 0 aliphatic rings. The molecule has 0 amide bonds. The van der Waals surface area contributed by atoms with Crippen molar-refractivity contribution in [2.45, 2.75) is 33.1 Å². The van der Waals surface area contributed by atoms with Gasteiger partial charge in [-0.2, -0.15) is 5.10 Å². The molecule has 1 aromatic rings. The van der Waals surface area contributed by atoms with Crippen molar-refractivity contribution in [1.29, 1.82) is 0 Å². The number of hydrogen-bond acceptors (Lipinski definition) is 2. The second-order valence-electron chi connectivity index (χ2n) is 4.30. The summed E-state index contributed by atoms with van der Waals surface area (Å²) < 4.78 is 1.75. The van der Waals surface area contributed by atoms with Gasteiger partial charge in [-0.25, -0.2) is 0 Å². The highest BCUT2D eigenvalue weighted by Crippen LogP contribution is 2.20. The molecule has 1 atom stereocenters. The lowest BCUT2D eigenvalue weighted by Crippen LogP contribution is -2.13. The summed E-state index contributed by atoms with van der Waals surface area (Å²) in [5.74, 6) is -0.762. The van der Waals surface area contributed by atoms with Crippen LogP contribution in [0.1, 0.15) is 37.9 Å². The van der Waals surface area contributed by atoms with Crippen LogP contribution in [0.2, 0.25) is 0 Å². The minimum atomic E-state index is -0.768. The van der Waals surface area contributed by atoms with Gasteiger partial charge >= 0.3 is 5.97 Å². The number of carbonyl (C=O) groups is 1. The van der Waals surface area contributed by atoms with E-state index >= 15 is 0 Å². The summed E-state index contributed by atoms with van der Waals surface area (Å²) in [5.41, 5.74) is 2.05. The molecule has 4 nitrogen and oxygen atoms in total. The largest absolute Gasteiger partial charge is 0.481 e. The number of aryl methyl sites for hydroxylation is 1. The van der Waals surface area contributed by atoms with Crippen LogP contribution in [0.4, 0.5) is 0 Å². The molecule has 1 unspecified atom stereocenters. The number of aromatic nitrogens is 2. The molecule has 0 saturated carbocycles. The normalized spacial score (nSPS) is 13.1. The summed E-state index contributed by atoms with van der Waals surface area (Å²) in [4.78, 5) is 10.8. The first-order chi connectivity index (χ1) is 6.91. The van der Waals surface area contributed by atoms with Crippen LogP contribution in [0.25, 0.3) is 0 Å². The first kappa shape index (κ1) is 11.8. The van der Waals surface area contributed by atoms with Gasteiger partial charge in [0, 0.05) is 19.7 Å². The van der Waals surface area contributed by atoms with E-state index in [9.17, 15) is 4.79 Å². The molecule has 1 rings (SSSR count). The number of carboxylic acid groups (broad SMARTS) is 1. The van der Waals surface area contributed by atoms with E-state index in [0.717, 1.165) is 11.3 Å². The molecule has 0 aliphatic heterocycles. The molecule has 0 saturated heterocycles. The fourth-order valence-electron chi connectivity index (χ4n) is 1.57. The Morgan fingerprint density at radius 3 is 2.60 bits per heavy atom. The van der Waals surface area contributed by atoms with Crippen LogP contribution in [0, 0.1) is 5.92 Å². The first-order valence-electron chi connectivity index (χ1n) is 5.17. The molecule has 84 valence electrons. The highest BCUT2D eigenvalue weighted by atomic mass is 16.4. The van der Waals surface area contributed by atoms with Gasteiger partial charge in [0.15, 0.2) is 0 Å². The average molecular weight is 210 g/mol. The Bertz CT molecular complexity index is 355. The Balaban J connectivity index is 2.88. The fraction of sp³-hybridized carbons (Fsp3) is 0.636. The molecule has 1 N–H and O–H groups in total. The maximum atomic E-state index is 10.8. The number of carboxylic acids is 1. The van der Waals surface area contributed by atoms with Gasteiger partial charge in [0.1, 0.15) is 0 Å². The van der Waals surface area contributed by atoms with E-state index in [0.29, 0.717) is 12.3 Å². The number of aliphatic carboxylic acids is 1. The van der Waals surface area contributed by atoms with Crippen molar-refractivity contribution in [2.24, 2.45) is 13.0 Å². The standard InChI is InChI=1S/C11H18N2O2/c1-7(2)9-6-13(4)12-10(9)5-8(3)11(14)15/h6-8H,5H2,1-4H3,(H,14,15). The Morgan fingerprint density at radius 1 is 1.53 bits per heavy atom. The second kappa shape index (κ2) is 4.47. The summed E-state index contributed by atoms with van der Waals surface area (Å²) in [7, 11) is 1.86. The van der Waals surface area contributed by atoms with Gasteiger partial charge in [-0.3, -0.25) is 9.48 Å². The maximum Gasteiger partial charge on any atom is 0.306 e. The smallest absolute Gasteiger partial charge is 0.306 e. The molecule has 15 heavy (non-hydrogen) atoms. The third-order valence-electron chi connectivity index (χ3n) is 2.48. The van der Waals surface area contributed by atoms with Crippen LogP contribution < -0.4 is 0 Å². The third kappa shape index (κ3) is 2.81. The molecule has 0 radical (unpaired) electrons. The van der Waals surface area contributed by atoms with Crippen molar-refractivity contribution in [1.82, 2.24) is 9.78 Å². The van der Waals surface area contributed by atoms with E-state index in [1.807, 2.05) is 13.2 Å². The van der Waals surface area contributed by atoms with Crippen LogP contribution >= 0.6 is 0 Å². The van der Waals surface area contributed by atoms with Crippen LogP contribution in [0.5, 0.6) is 0 Å². The van der Waals surface area contributed by atoms with Crippen LogP contribution in [0.3, 0.4) is 0 Å². The van der Waals surface area contributed by atoms with Crippen molar-refractivity contribution in [3.05, 3.63) is 17.5 Å². The summed E-state index contributed by atoms with van der Waals surface area (Å²) in [6.45, 7) is 5.89. The third-order valence-corrected chi connectivity index (χ3v) is 2.48. The molecular weight excluding hydrogens is 192 g/mol. The average Bonchev–Trinajstić information content (AvgIpc) is 2.46. The van der Waals surface area contributed by atoms with E-state index in [1.165, 1.54) is 0 Å². The van der Waals surface area contributed by atoms with Gasteiger partial charge in [-0.15, -0.1) is 0 Å². The van der Waals surface area contributed by atoms with E-state index in [2.05, 4.69) is 18.9 Å². The quantitative estimate of drug-likeness (QED) is 0.824. The monoisotopic (exact) mass is 210 g/mol. The molecule has 1 aromatic heterocycles. The summed E-state index contributed by atoms with van der Waals surface area (Å²) in [6.07, 6.45) is 2.47.